The maximum Gasteiger partial charge on any atom is -0.00199 e. The van der Waals surface area contributed by atoms with Crippen LogP contribution in [0.4, 0.5) is 0 Å². The van der Waals surface area contributed by atoms with Gasteiger partial charge in [-0.2, -0.15) is 0 Å². The molecule has 0 aliphatic carbocycles. The maximum atomic E-state index is 2.45. The second kappa shape index (κ2) is 12.3. The summed E-state index contributed by atoms with van der Waals surface area (Å²) in [6, 6.07) is 76.2. The smallest absolute Gasteiger partial charge is 0.00199 e. The number of rotatable bonds is 4. The highest BCUT2D eigenvalue weighted by atomic mass is 14.2. The molecule has 0 spiro atoms. The summed E-state index contributed by atoms with van der Waals surface area (Å²) in [5.41, 5.74) is 9.90. The fourth-order valence-corrected chi connectivity index (χ4v) is 9.06. The Kier molecular flexibility index (Phi) is 6.97. The number of fused-ring (bicyclic) bond motifs is 9. The lowest BCUT2D eigenvalue weighted by molar-refractivity contribution is 1.61. The third kappa shape index (κ3) is 4.71. The highest BCUT2D eigenvalue weighted by Gasteiger charge is 2.21. The van der Waals surface area contributed by atoms with E-state index in [0.717, 1.165) is 0 Å². The average molecular weight is 683 g/mol. The molecule has 0 unspecified atom stereocenters. The van der Waals surface area contributed by atoms with Crippen molar-refractivity contribution in [3.8, 4) is 44.5 Å². The quantitative estimate of drug-likeness (QED) is 0.128. The molecule has 0 saturated heterocycles. The second-order valence-corrected chi connectivity index (χ2v) is 14.3. The van der Waals surface area contributed by atoms with Gasteiger partial charge in [-0.15, -0.1) is 0 Å². The average Bonchev–Trinajstić information content (AvgIpc) is 3.25. The van der Waals surface area contributed by atoms with Crippen LogP contribution in [0.2, 0.25) is 0 Å². The first-order valence-electron chi connectivity index (χ1n) is 18.8. The van der Waals surface area contributed by atoms with Crippen LogP contribution in [0.3, 0.4) is 0 Å². The molecule has 0 bridgehead atoms. The first-order chi connectivity index (χ1) is 26.8. The summed E-state index contributed by atoms with van der Waals surface area (Å²) < 4.78 is 0. The maximum absolute atomic E-state index is 2.45. The zero-order valence-corrected chi connectivity index (χ0v) is 29.6. The van der Waals surface area contributed by atoms with Gasteiger partial charge in [0.1, 0.15) is 0 Å². The summed E-state index contributed by atoms with van der Waals surface area (Å²) in [5, 5.41) is 15.3. The van der Waals surface area contributed by atoms with Crippen molar-refractivity contribution < 1.29 is 0 Å². The Balaban J connectivity index is 1.27. The summed E-state index contributed by atoms with van der Waals surface area (Å²) in [6.45, 7) is 0. The van der Waals surface area contributed by atoms with E-state index in [0.29, 0.717) is 0 Å². The van der Waals surface area contributed by atoms with Gasteiger partial charge in [0.2, 0.25) is 0 Å². The molecular formula is C54H34. The number of hydrogen-bond donors (Lipinski definition) is 0. The van der Waals surface area contributed by atoms with Crippen molar-refractivity contribution in [1.29, 1.82) is 0 Å². The molecule has 250 valence electrons. The molecule has 0 radical (unpaired) electrons. The minimum atomic E-state index is 1.21. The van der Waals surface area contributed by atoms with E-state index in [4.69, 9.17) is 0 Å². The van der Waals surface area contributed by atoms with E-state index in [9.17, 15) is 0 Å². The van der Waals surface area contributed by atoms with E-state index >= 15 is 0 Å². The van der Waals surface area contributed by atoms with Crippen molar-refractivity contribution in [2.45, 2.75) is 0 Å². The number of benzene rings is 11. The molecule has 0 aliphatic rings. The molecule has 0 atom stereocenters. The Bertz CT molecular complexity index is 3160. The molecule has 0 heteroatoms. The van der Waals surface area contributed by atoms with E-state index < -0.39 is 0 Å². The molecule has 54 heavy (non-hydrogen) atoms. The first-order valence-corrected chi connectivity index (χ1v) is 18.8. The van der Waals surface area contributed by atoms with Gasteiger partial charge in [0.05, 0.1) is 0 Å². The Labute approximate surface area is 314 Å². The highest BCUT2D eigenvalue weighted by molar-refractivity contribution is 6.26. The predicted molar refractivity (Wildman–Crippen MR) is 233 cm³/mol. The zero-order valence-electron chi connectivity index (χ0n) is 29.6. The molecule has 11 aromatic carbocycles. The van der Waals surface area contributed by atoms with Crippen molar-refractivity contribution in [3.63, 3.8) is 0 Å². The molecule has 0 aliphatic heterocycles. The molecule has 0 saturated carbocycles. The molecule has 0 N–H and O–H groups in total. The van der Waals surface area contributed by atoms with Gasteiger partial charge in [-0.3, -0.25) is 0 Å². The van der Waals surface area contributed by atoms with Gasteiger partial charge in [-0.05, 0) is 121 Å². The van der Waals surface area contributed by atoms with Crippen LogP contribution in [0, 0.1) is 0 Å². The van der Waals surface area contributed by atoms with Gasteiger partial charge >= 0.3 is 0 Å². The van der Waals surface area contributed by atoms with Crippen molar-refractivity contribution >= 4 is 64.6 Å². The van der Waals surface area contributed by atoms with Crippen molar-refractivity contribution in [1.82, 2.24) is 0 Å². The number of hydrogen-bond acceptors (Lipinski definition) is 0. The minimum Gasteiger partial charge on any atom is -0.0622 e. The van der Waals surface area contributed by atoms with Gasteiger partial charge in [-0.25, -0.2) is 0 Å². The highest BCUT2D eigenvalue weighted by Crippen LogP contribution is 2.48. The van der Waals surface area contributed by atoms with Gasteiger partial charge in [0.25, 0.3) is 0 Å². The largest absolute Gasteiger partial charge is 0.0622 e. The summed E-state index contributed by atoms with van der Waals surface area (Å²) in [5.74, 6) is 0. The van der Waals surface area contributed by atoms with Crippen molar-refractivity contribution in [2.24, 2.45) is 0 Å². The molecule has 0 fully saturated rings. The first kappa shape index (κ1) is 30.6. The summed E-state index contributed by atoms with van der Waals surface area (Å²) in [7, 11) is 0. The fourth-order valence-electron chi connectivity index (χ4n) is 9.06. The molecular weight excluding hydrogens is 649 g/mol. The molecule has 11 aromatic rings. The SMILES string of the molecule is c1ccc(-c2c3ccccc3c(-c3cc(-c4cccc5ccccc45)ccc3-c3ccc4c5ccccc5c5ccccc5c4c3)c3ccccc23)cc1. The van der Waals surface area contributed by atoms with Gasteiger partial charge in [-0.1, -0.05) is 194 Å². The lowest BCUT2D eigenvalue weighted by Gasteiger charge is -2.21. The van der Waals surface area contributed by atoms with Crippen LogP contribution in [-0.2, 0) is 0 Å². The Morgan fingerprint density at radius 3 is 1.26 bits per heavy atom. The molecule has 0 nitrogen and oxygen atoms in total. The van der Waals surface area contributed by atoms with Gasteiger partial charge < -0.3 is 0 Å². The lowest BCUT2D eigenvalue weighted by atomic mass is 9.82. The Morgan fingerprint density at radius 1 is 0.185 bits per heavy atom. The predicted octanol–water partition coefficient (Wildman–Crippen LogP) is 15.3. The van der Waals surface area contributed by atoms with E-state index in [1.54, 1.807) is 0 Å². The Morgan fingerprint density at radius 2 is 0.630 bits per heavy atom. The van der Waals surface area contributed by atoms with Gasteiger partial charge in [0, 0.05) is 0 Å². The summed E-state index contributed by atoms with van der Waals surface area (Å²) >= 11 is 0. The second-order valence-electron chi connectivity index (χ2n) is 14.3. The molecule has 0 amide bonds. The van der Waals surface area contributed by atoms with Crippen LogP contribution in [0.15, 0.2) is 206 Å². The van der Waals surface area contributed by atoms with Crippen molar-refractivity contribution in [3.05, 3.63) is 206 Å². The standard InChI is InChI=1S/C54H34/c1-2-16-36(17-3-1)53-47-24-10-12-26-49(47)54(50-27-13-11-25-48(50)53)52-34-38(40-28-14-18-35-15-4-5-19-39(35)40)29-31-41(52)37-30-32-46-44-22-7-6-20-42(44)43-21-8-9-23-45(43)51(46)33-37/h1-34H. The van der Waals surface area contributed by atoms with E-state index in [-0.39, 0.29) is 0 Å². The third-order valence-corrected chi connectivity index (χ3v) is 11.4. The Hall–Kier alpha value is -7.02. The topological polar surface area (TPSA) is 0 Å². The van der Waals surface area contributed by atoms with E-state index in [1.165, 1.54) is 109 Å². The monoisotopic (exact) mass is 682 g/mol. The summed E-state index contributed by atoms with van der Waals surface area (Å²) in [4.78, 5) is 0. The zero-order chi connectivity index (χ0) is 35.6. The van der Waals surface area contributed by atoms with Crippen LogP contribution in [0.1, 0.15) is 0 Å². The van der Waals surface area contributed by atoms with E-state index in [1.807, 2.05) is 0 Å². The summed E-state index contributed by atoms with van der Waals surface area (Å²) in [6.07, 6.45) is 0. The third-order valence-electron chi connectivity index (χ3n) is 11.4. The minimum absolute atomic E-state index is 1.21. The van der Waals surface area contributed by atoms with Crippen LogP contribution < -0.4 is 0 Å². The van der Waals surface area contributed by atoms with Crippen LogP contribution in [-0.4, -0.2) is 0 Å². The van der Waals surface area contributed by atoms with Crippen LogP contribution in [0.25, 0.3) is 109 Å². The normalized spacial score (nSPS) is 11.7. The van der Waals surface area contributed by atoms with Crippen LogP contribution >= 0.6 is 0 Å². The lowest BCUT2D eigenvalue weighted by Crippen LogP contribution is -1.94. The van der Waals surface area contributed by atoms with Crippen LogP contribution in [0.5, 0.6) is 0 Å². The van der Waals surface area contributed by atoms with E-state index in [2.05, 4.69) is 206 Å². The fraction of sp³-hybridized carbons (Fsp3) is 0. The molecule has 0 heterocycles. The molecule has 11 rings (SSSR count). The van der Waals surface area contributed by atoms with Gasteiger partial charge in [0.15, 0.2) is 0 Å². The molecule has 0 aromatic heterocycles. The van der Waals surface area contributed by atoms with Crippen molar-refractivity contribution in [2.75, 3.05) is 0 Å².